The molecule has 18 heavy (non-hydrogen) atoms. The molecule has 2 heterocycles. The van der Waals surface area contributed by atoms with Gasteiger partial charge >= 0.3 is 0 Å². The molecule has 0 aliphatic heterocycles. The zero-order valence-corrected chi connectivity index (χ0v) is 11.4. The SMILES string of the molecule is CCCC(O)Cc1nc(Cc2csc(C)n2)no1. The van der Waals surface area contributed by atoms with Crippen LogP contribution in [0.3, 0.4) is 0 Å². The third-order valence-corrected chi connectivity index (χ3v) is 3.37. The molecule has 6 heteroatoms. The van der Waals surface area contributed by atoms with Crippen molar-refractivity contribution in [2.45, 2.75) is 45.6 Å². The predicted molar refractivity (Wildman–Crippen MR) is 68.6 cm³/mol. The van der Waals surface area contributed by atoms with Gasteiger partial charge in [0.15, 0.2) is 5.82 Å². The molecule has 2 aromatic rings. The van der Waals surface area contributed by atoms with E-state index in [0.717, 1.165) is 23.5 Å². The Hall–Kier alpha value is -1.27. The van der Waals surface area contributed by atoms with Crippen LogP contribution in [0.15, 0.2) is 9.90 Å². The van der Waals surface area contributed by atoms with Gasteiger partial charge < -0.3 is 9.63 Å². The van der Waals surface area contributed by atoms with Crippen molar-refractivity contribution in [1.29, 1.82) is 0 Å². The molecule has 0 fully saturated rings. The van der Waals surface area contributed by atoms with E-state index in [9.17, 15) is 5.11 Å². The highest BCUT2D eigenvalue weighted by atomic mass is 32.1. The number of hydrogen-bond donors (Lipinski definition) is 1. The molecule has 1 unspecified atom stereocenters. The highest BCUT2D eigenvalue weighted by Crippen LogP contribution is 2.12. The third-order valence-electron chi connectivity index (χ3n) is 2.55. The average Bonchev–Trinajstić information content (AvgIpc) is 2.89. The maximum atomic E-state index is 9.67. The summed E-state index contributed by atoms with van der Waals surface area (Å²) in [6, 6.07) is 0. The zero-order chi connectivity index (χ0) is 13.0. The van der Waals surface area contributed by atoms with Crippen LogP contribution in [0.4, 0.5) is 0 Å². The van der Waals surface area contributed by atoms with Crippen molar-refractivity contribution in [2.75, 3.05) is 0 Å². The summed E-state index contributed by atoms with van der Waals surface area (Å²) in [5, 5.41) is 16.6. The van der Waals surface area contributed by atoms with Crippen molar-refractivity contribution in [1.82, 2.24) is 15.1 Å². The Bertz CT molecular complexity index is 495. The van der Waals surface area contributed by atoms with Gasteiger partial charge in [-0.15, -0.1) is 11.3 Å². The minimum absolute atomic E-state index is 0.398. The summed E-state index contributed by atoms with van der Waals surface area (Å²) < 4.78 is 5.12. The molecule has 1 atom stereocenters. The van der Waals surface area contributed by atoms with Gasteiger partial charge in [-0.1, -0.05) is 18.5 Å². The van der Waals surface area contributed by atoms with Gasteiger partial charge in [-0.3, -0.25) is 0 Å². The van der Waals surface area contributed by atoms with Crippen LogP contribution in [-0.2, 0) is 12.8 Å². The van der Waals surface area contributed by atoms with Crippen LogP contribution in [0, 0.1) is 6.92 Å². The summed E-state index contributed by atoms with van der Waals surface area (Å²) >= 11 is 1.61. The Balaban J connectivity index is 1.93. The fraction of sp³-hybridized carbons (Fsp3) is 0.583. The number of aliphatic hydroxyl groups is 1. The lowest BCUT2D eigenvalue weighted by molar-refractivity contribution is 0.151. The first-order valence-electron chi connectivity index (χ1n) is 6.08. The molecule has 2 aromatic heterocycles. The number of aryl methyl sites for hydroxylation is 1. The molecule has 0 aliphatic rings. The van der Waals surface area contributed by atoms with Crippen LogP contribution in [0.1, 0.15) is 42.2 Å². The second kappa shape index (κ2) is 6.06. The third kappa shape index (κ3) is 3.61. The van der Waals surface area contributed by atoms with E-state index in [0.29, 0.717) is 24.6 Å². The van der Waals surface area contributed by atoms with Crippen LogP contribution in [0.25, 0.3) is 0 Å². The summed E-state index contributed by atoms with van der Waals surface area (Å²) in [6.45, 7) is 4.00. The molecular formula is C12H17N3O2S. The van der Waals surface area contributed by atoms with E-state index in [4.69, 9.17) is 4.52 Å². The van der Waals surface area contributed by atoms with Crippen molar-refractivity contribution >= 4 is 11.3 Å². The molecular weight excluding hydrogens is 250 g/mol. The second-order valence-electron chi connectivity index (χ2n) is 4.29. The molecule has 0 spiro atoms. The summed E-state index contributed by atoms with van der Waals surface area (Å²) in [5.41, 5.74) is 0.957. The highest BCUT2D eigenvalue weighted by molar-refractivity contribution is 7.09. The molecule has 0 saturated heterocycles. The zero-order valence-electron chi connectivity index (χ0n) is 10.6. The second-order valence-corrected chi connectivity index (χ2v) is 5.35. The van der Waals surface area contributed by atoms with Gasteiger partial charge in [0.1, 0.15) is 0 Å². The van der Waals surface area contributed by atoms with Gasteiger partial charge in [0.2, 0.25) is 5.89 Å². The Morgan fingerprint density at radius 3 is 2.94 bits per heavy atom. The van der Waals surface area contributed by atoms with E-state index in [1.807, 2.05) is 19.2 Å². The van der Waals surface area contributed by atoms with Gasteiger partial charge in [0.25, 0.3) is 0 Å². The van der Waals surface area contributed by atoms with Crippen LogP contribution >= 0.6 is 11.3 Å². The Kier molecular flexibility index (Phi) is 4.43. The van der Waals surface area contributed by atoms with E-state index >= 15 is 0 Å². The maximum absolute atomic E-state index is 9.67. The molecule has 0 bridgehead atoms. The Morgan fingerprint density at radius 2 is 2.28 bits per heavy atom. The van der Waals surface area contributed by atoms with Crippen LogP contribution in [0.5, 0.6) is 0 Å². The minimum Gasteiger partial charge on any atom is -0.393 e. The fourth-order valence-electron chi connectivity index (χ4n) is 1.73. The quantitative estimate of drug-likeness (QED) is 0.868. The molecule has 0 amide bonds. The first-order valence-corrected chi connectivity index (χ1v) is 6.96. The number of rotatable bonds is 6. The van der Waals surface area contributed by atoms with Crippen molar-refractivity contribution in [2.24, 2.45) is 0 Å². The lowest BCUT2D eigenvalue weighted by Gasteiger charge is -2.03. The summed E-state index contributed by atoms with van der Waals surface area (Å²) in [7, 11) is 0. The lowest BCUT2D eigenvalue weighted by Crippen LogP contribution is -2.09. The van der Waals surface area contributed by atoms with Crippen molar-refractivity contribution in [3.05, 3.63) is 27.8 Å². The minimum atomic E-state index is -0.398. The van der Waals surface area contributed by atoms with Crippen molar-refractivity contribution in [3.8, 4) is 0 Å². The van der Waals surface area contributed by atoms with Crippen molar-refractivity contribution in [3.63, 3.8) is 0 Å². The first-order chi connectivity index (χ1) is 8.67. The maximum Gasteiger partial charge on any atom is 0.229 e. The normalized spacial score (nSPS) is 12.8. The molecule has 5 nitrogen and oxygen atoms in total. The molecule has 0 aromatic carbocycles. The number of aliphatic hydroxyl groups excluding tert-OH is 1. The summed E-state index contributed by atoms with van der Waals surface area (Å²) in [6.07, 6.45) is 2.31. The standard InChI is InChI=1S/C12H17N3O2S/c1-3-4-10(16)6-12-14-11(15-17-12)5-9-7-18-8(2)13-9/h7,10,16H,3-6H2,1-2H3. The summed E-state index contributed by atoms with van der Waals surface area (Å²) in [4.78, 5) is 8.62. The molecule has 0 aliphatic carbocycles. The van der Waals surface area contributed by atoms with E-state index < -0.39 is 6.10 Å². The molecule has 0 saturated carbocycles. The van der Waals surface area contributed by atoms with E-state index in [2.05, 4.69) is 15.1 Å². The van der Waals surface area contributed by atoms with E-state index in [-0.39, 0.29) is 0 Å². The Morgan fingerprint density at radius 1 is 1.44 bits per heavy atom. The average molecular weight is 267 g/mol. The Labute approximate surface area is 110 Å². The predicted octanol–water partition coefficient (Wildman–Crippen LogP) is 2.13. The van der Waals surface area contributed by atoms with Crippen molar-refractivity contribution < 1.29 is 9.63 Å². The molecule has 1 N–H and O–H groups in total. The van der Waals surface area contributed by atoms with E-state index in [1.54, 1.807) is 11.3 Å². The topological polar surface area (TPSA) is 72.0 Å². The van der Waals surface area contributed by atoms with Crippen LogP contribution in [-0.4, -0.2) is 26.3 Å². The number of thiazole rings is 1. The van der Waals surface area contributed by atoms with E-state index in [1.165, 1.54) is 0 Å². The smallest absolute Gasteiger partial charge is 0.229 e. The number of aromatic nitrogens is 3. The van der Waals surface area contributed by atoms with Gasteiger partial charge in [-0.05, 0) is 13.3 Å². The largest absolute Gasteiger partial charge is 0.393 e. The van der Waals surface area contributed by atoms with Gasteiger partial charge in [0, 0.05) is 5.38 Å². The van der Waals surface area contributed by atoms with Crippen LogP contribution in [0.2, 0.25) is 0 Å². The molecule has 2 rings (SSSR count). The van der Waals surface area contributed by atoms with Gasteiger partial charge in [-0.2, -0.15) is 4.98 Å². The lowest BCUT2D eigenvalue weighted by atomic mass is 10.1. The van der Waals surface area contributed by atoms with Crippen LogP contribution < -0.4 is 0 Å². The van der Waals surface area contributed by atoms with Gasteiger partial charge in [-0.25, -0.2) is 4.98 Å². The first kappa shape index (κ1) is 13.2. The van der Waals surface area contributed by atoms with Gasteiger partial charge in [0.05, 0.1) is 29.6 Å². The fourth-order valence-corrected chi connectivity index (χ4v) is 2.35. The molecule has 0 radical (unpaired) electrons. The summed E-state index contributed by atoms with van der Waals surface area (Å²) in [5.74, 6) is 1.12. The number of hydrogen-bond acceptors (Lipinski definition) is 6. The monoisotopic (exact) mass is 267 g/mol. The highest BCUT2D eigenvalue weighted by Gasteiger charge is 2.12. The number of nitrogens with zero attached hydrogens (tertiary/aromatic N) is 3. The molecule has 98 valence electrons.